The molecule has 3 aromatic carbocycles. The molecule has 0 fully saturated rings. The van der Waals surface area contributed by atoms with Crippen molar-refractivity contribution in [2.45, 2.75) is 94.9 Å². The Labute approximate surface area is 353 Å². The van der Waals surface area contributed by atoms with Crippen molar-refractivity contribution in [3.05, 3.63) is 101 Å². The molecule has 1 aromatic heterocycles. The van der Waals surface area contributed by atoms with Crippen LogP contribution in [0.1, 0.15) is 108 Å². The minimum Gasteiger partial charge on any atom is -0.500 e. The number of nitrogens with two attached hydrogens (primary N) is 2. The van der Waals surface area contributed by atoms with Crippen LogP contribution in [-0.4, -0.2) is 23.7 Å². The third-order valence-electron chi connectivity index (χ3n) is 7.61. The van der Waals surface area contributed by atoms with E-state index in [4.69, 9.17) is 40.9 Å². The minimum atomic E-state index is 0. The maximum absolute atomic E-state index is 8.94. The predicted molar refractivity (Wildman–Crippen MR) is 236 cm³/mol. The van der Waals surface area contributed by atoms with Crippen LogP contribution < -0.4 is 25.7 Å². The summed E-state index contributed by atoms with van der Waals surface area (Å²) in [7, 11) is 1.48. The van der Waals surface area contributed by atoms with Gasteiger partial charge in [0.25, 0.3) is 0 Å². The second-order valence-electron chi connectivity index (χ2n) is 12.8. The minimum absolute atomic E-state index is 0. The zero-order chi connectivity index (χ0) is 40.0. The van der Waals surface area contributed by atoms with Crippen molar-refractivity contribution in [2.75, 3.05) is 25.2 Å². The highest BCUT2D eigenvalue weighted by Crippen LogP contribution is 2.37. The lowest BCUT2D eigenvalue weighted by Gasteiger charge is -2.16. The summed E-state index contributed by atoms with van der Waals surface area (Å²) in [5.41, 5.74) is 18.1. The Morgan fingerprint density at radius 1 is 0.727 bits per heavy atom. The number of methoxy groups -OCH3 is 1. The van der Waals surface area contributed by atoms with Crippen LogP contribution >= 0.6 is 47.8 Å². The first-order valence-electron chi connectivity index (χ1n) is 16.7. The number of nitriles is 2. The summed E-state index contributed by atoms with van der Waals surface area (Å²) in [6.07, 6.45) is 2.77. The fourth-order valence-electron chi connectivity index (χ4n) is 4.72. The second-order valence-corrected chi connectivity index (χ2v) is 15.4. The first-order valence-corrected chi connectivity index (χ1v) is 19.1. The van der Waals surface area contributed by atoms with E-state index < -0.39 is 0 Å². The number of nitrogen functional groups attached to an aromatic ring is 2. The quantitative estimate of drug-likeness (QED) is 0.116. The van der Waals surface area contributed by atoms with E-state index in [0.717, 1.165) is 52.7 Å². The number of halogens is 3. The van der Waals surface area contributed by atoms with E-state index in [0.29, 0.717) is 29.3 Å². The zero-order valence-electron chi connectivity index (χ0n) is 31.8. The van der Waals surface area contributed by atoms with Crippen molar-refractivity contribution in [3.8, 4) is 35.1 Å². The van der Waals surface area contributed by atoms with Gasteiger partial charge in [0.1, 0.15) is 35.6 Å². The van der Waals surface area contributed by atoms with Gasteiger partial charge in [-0.25, -0.2) is 4.98 Å². The van der Waals surface area contributed by atoms with Crippen molar-refractivity contribution in [3.63, 3.8) is 0 Å². The smallest absolute Gasteiger partial charge is 0.238 e. The molecule has 0 spiro atoms. The normalized spacial score (nSPS) is 10.4. The standard InChI is InChI=1S/C14H17BrN4O.C14H16BrNO2.C12H14BrNO.2CH4/c1-7(2)9-4-8(3)10(15)5-11(9)20-12-6-18-14(17)19-13(12)16;1-9(2)12-5-10(3)13(15)6-14(12)18-11(7-16)8-17-4;1-8(2)10-6-9(3)11(13)7-12(10)15-5-4-14;;/h4-7H,1-3H3,(H4,16,17,18,19);5-6,8-9H,1-4H3;6-8H,5H2,1-3H3;2*1H4/b;11-8+;;;. The molecule has 4 N–H and O–H groups in total. The summed E-state index contributed by atoms with van der Waals surface area (Å²) >= 11 is 10.4. The Balaban J connectivity index is 0.000000789. The molecule has 0 unspecified atom stereocenters. The average Bonchev–Trinajstić information content (AvgIpc) is 3.09. The molecule has 0 amide bonds. The van der Waals surface area contributed by atoms with E-state index in [9.17, 15) is 0 Å². The van der Waals surface area contributed by atoms with E-state index in [2.05, 4.69) is 117 Å². The highest BCUT2D eigenvalue weighted by atomic mass is 79.9. The van der Waals surface area contributed by atoms with E-state index >= 15 is 0 Å². The van der Waals surface area contributed by atoms with Crippen molar-refractivity contribution in [1.82, 2.24) is 9.97 Å². The number of ether oxygens (including phenoxy) is 4. The highest BCUT2D eigenvalue weighted by Gasteiger charge is 2.15. The maximum Gasteiger partial charge on any atom is 0.238 e. The van der Waals surface area contributed by atoms with E-state index in [1.54, 1.807) is 0 Å². The SMILES string of the molecule is C.C.CO/C=C(\C#N)Oc1cc(Br)c(C)cc1C(C)C.Cc1cc(C(C)C)c(OCC#N)cc1Br.Cc1cc(C(C)C)c(Oc2cnc(N)nc2N)cc1Br. The Hall–Kier alpha value is -4.30. The van der Waals surface area contributed by atoms with Gasteiger partial charge in [-0.1, -0.05) is 122 Å². The number of rotatable bonds is 10. The molecule has 0 saturated heterocycles. The third-order valence-corrected chi connectivity index (χ3v) is 10.2. The molecule has 0 aliphatic carbocycles. The molecular formula is C42H55Br3N6O4. The fourth-order valence-corrected chi connectivity index (χ4v) is 5.68. The van der Waals surface area contributed by atoms with Gasteiger partial charge in [-0.3, -0.25) is 0 Å². The molecule has 55 heavy (non-hydrogen) atoms. The number of hydrogen-bond donors (Lipinski definition) is 2. The lowest BCUT2D eigenvalue weighted by Crippen LogP contribution is -2.03. The van der Waals surface area contributed by atoms with Gasteiger partial charge < -0.3 is 30.4 Å². The Morgan fingerprint density at radius 2 is 1.16 bits per heavy atom. The summed E-state index contributed by atoms with van der Waals surface area (Å²) < 4.78 is 24.6. The van der Waals surface area contributed by atoms with Crippen LogP contribution in [0.2, 0.25) is 0 Å². The monoisotopic (exact) mass is 944 g/mol. The van der Waals surface area contributed by atoms with Gasteiger partial charge in [0.05, 0.1) is 13.3 Å². The lowest BCUT2D eigenvalue weighted by atomic mass is 10.00. The number of anilines is 2. The highest BCUT2D eigenvalue weighted by molar-refractivity contribution is 9.11. The van der Waals surface area contributed by atoms with Crippen molar-refractivity contribution in [1.29, 1.82) is 10.5 Å². The van der Waals surface area contributed by atoms with E-state index in [-0.39, 0.29) is 39.0 Å². The van der Waals surface area contributed by atoms with E-state index in [1.807, 2.05) is 51.1 Å². The van der Waals surface area contributed by atoms with Gasteiger partial charge >= 0.3 is 0 Å². The molecule has 1 heterocycles. The first-order chi connectivity index (χ1) is 24.9. The van der Waals surface area contributed by atoms with Gasteiger partial charge in [0.2, 0.25) is 11.7 Å². The van der Waals surface area contributed by atoms with Crippen molar-refractivity contribution < 1.29 is 18.9 Å². The van der Waals surface area contributed by atoms with Gasteiger partial charge in [0.15, 0.2) is 18.2 Å². The van der Waals surface area contributed by atoms with Crippen LogP contribution in [0, 0.1) is 43.4 Å². The molecule has 0 bridgehead atoms. The summed E-state index contributed by atoms with van der Waals surface area (Å²) in [6, 6.07) is 15.9. The Kier molecular flexibility index (Phi) is 22.4. The number of aromatic nitrogens is 2. The Morgan fingerprint density at radius 3 is 1.58 bits per heavy atom. The van der Waals surface area contributed by atoms with Crippen LogP contribution in [-0.2, 0) is 4.74 Å². The second kappa shape index (κ2) is 24.3. The van der Waals surface area contributed by atoms with Crippen molar-refractivity contribution in [2.24, 2.45) is 0 Å². The van der Waals surface area contributed by atoms with Crippen LogP contribution in [0.3, 0.4) is 0 Å². The fraction of sp³-hybridized carbons (Fsp3) is 0.381. The van der Waals surface area contributed by atoms with Crippen LogP contribution in [0.15, 0.2) is 68.0 Å². The number of benzene rings is 3. The number of allylic oxidation sites excluding steroid dienone is 1. The molecular weight excluding hydrogens is 892 g/mol. The maximum atomic E-state index is 8.94. The first kappa shape index (κ1) is 50.7. The third kappa shape index (κ3) is 15.4. The molecule has 0 aliphatic heterocycles. The van der Waals surface area contributed by atoms with Gasteiger partial charge in [-0.05, 0) is 90.1 Å². The van der Waals surface area contributed by atoms with Gasteiger partial charge in [0, 0.05) is 13.4 Å². The largest absolute Gasteiger partial charge is 0.500 e. The predicted octanol–water partition coefficient (Wildman–Crippen LogP) is 13.0. The molecule has 0 atom stereocenters. The summed E-state index contributed by atoms with van der Waals surface area (Å²) in [4.78, 5) is 7.79. The lowest BCUT2D eigenvalue weighted by molar-refractivity contribution is 0.310. The number of hydrogen-bond acceptors (Lipinski definition) is 10. The summed E-state index contributed by atoms with van der Waals surface area (Å²) in [5, 5.41) is 17.4. The topological polar surface area (TPSA) is 162 Å². The average molecular weight is 948 g/mol. The number of nitrogens with zero attached hydrogens (tertiary/aromatic N) is 4. The van der Waals surface area contributed by atoms with Gasteiger partial charge in [-0.2, -0.15) is 15.5 Å². The molecule has 10 nitrogen and oxygen atoms in total. The van der Waals surface area contributed by atoms with E-state index in [1.165, 1.54) is 25.1 Å². The van der Waals surface area contributed by atoms with Gasteiger partial charge in [-0.15, -0.1) is 0 Å². The summed E-state index contributed by atoms with van der Waals surface area (Å²) in [6.45, 7) is 18.8. The molecule has 13 heteroatoms. The van der Waals surface area contributed by atoms with Crippen molar-refractivity contribution >= 4 is 59.6 Å². The molecule has 298 valence electrons. The molecule has 0 saturated carbocycles. The number of aryl methyl sites for hydroxylation is 3. The molecule has 0 radical (unpaired) electrons. The molecule has 4 aromatic rings. The molecule has 4 rings (SSSR count). The Bertz CT molecular complexity index is 1990. The van der Waals surface area contributed by atoms with Crippen LogP contribution in [0.4, 0.5) is 11.8 Å². The summed E-state index contributed by atoms with van der Waals surface area (Å²) in [5.74, 6) is 4.13. The zero-order valence-corrected chi connectivity index (χ0v) is 36.5. The van der Waals surface area contributed by atoms with Crippen LogP contribution in [0.5, 0.6) is 23.0 Å². The van der Waals surface area contributed by atoms with Crippen LogP contribution in [0.25, 0.3) is 0 Å². The molecule has 0 aliphatic rings.